The normalized spacial score (nSPS) is 15.3. The second kappa shape index (κ2) is 7.43. The van der Waals surface area contributed by atoms with Crippen LogP contribution in [0.3, 0.4) is 0 Å². The second-order valence-electron chi connectivity index (χ2n) is 7.19. The summed E-state index contributed by atoms with van der Waals surface area (Å²) in [5.41, 5.74) is 3.26. The van der Waals surface area contributed by atoms with Crippen LogP contribution in [0.5, 0.6) is 5.75 Å². The van der Waals surface area contributed by atoms with Gasteiger partial charge in [0, 0.05) is 30.2 Å². The number of aromatic nitrogens is 1. The molecule has 1 aliphatic heterocycles. The third-order valence-electron chi connectivity index (χ3n) is 5.35. The van der Waals surface area contributed by atoms with Crippen LogP contribution in [0.25, 0.3) is 10.9 Å². The highest BCUT2D eigenvalue weighted by Gasteiger charge is 2.25. The van der Waals surface area contributed by atoms with Gasteiger partial charge >= 0.3 is 0 Å². The Morgan fingerprint density at radius 2 is 1.93 bits per heavy atom. The molecule has 2 heterocycles. The van der Waals surface area contributed by atoms with Crippen molar-refractivity contribution in [2.45, 2.75) is 25.7 Å². The van der Waals surface area contributed by atoms with E-state index < -0.39 is 0 Å². The first kappa shape index (κ1) is 17.6. The zero-order chi connectivity index (χ0) is 18.8. The summed E-state index contributed by atoms with van der Waals surface area (Å²) in [7, 11) is 0. The smallest absolute Gasteiger partial charge is 0.260 e. The number of benzene rings is 2. The van der Waals surface area contributed by atoms with Crippen molar-refractivity contribution >= 4 is 16.8 Å². The first-order valence-corrected chi connectivity index (χ1v) is 9.34. The van der Waals surface area contributed by atoms with Crippen LogP contribution in [0, 0.1) is 12.7 Å². The van der Waals surface area contributed by atoms with Gasteiger partial charge in [0.25, 0.3) is 5.91 Å². The van der Waals surface area contributed by atoms with E-state index in [4.69, 9.17) is 4.74 Å². The summed E-state index contributed by atoms with van der Waals surface area (Å²) >= 11 is 0. The van der Waals surface area contributed by atoms with Crippen LogP contribution in [0.4, 0.5) is 4.39 Å². The van der Waals surface area contributed by atoms with Gasteiger partial charge in [-0.1, -0.05) is 17.7 Å². The van der Waals surface area contributed by atoms with E-state index in [-0.39, 0.29) is 18.3 Å². The standard InChI is InChI=1S/C22H23FN2O2/c1-15-2-5-18(6-3-15)27-14-22(26)25-10-8-16(9-11-25)20-13-24-21-7-4-17(23)12-19(20)21/h2-7,12-13,16,24H,8-11,14H2,1H3. The molecule has 5 heteroatoms. The number of hydrogen-bond acceptors (Lipinski definition) is 2. The summed E-state index contributed by atoms with van der Waals surface area (Å²) in [4.78, 5) is 17.5. The molecule has 1 aromatic heterocycles. The predicted molar refractivity (Wildman–Crippen MR) is 103 cm³/mol. The van der Waals surface area contributed by atoms with E-state index in [1.165, 1.54) is 6.07 Å². The number of aryl methyl sites for hydroxylation is 1. The number of nitrogens with one attached hydrogen (secondary N) is 1. The van der Waals surface area contributed by atoms with Crippen molar-refractivity contribution in [3.63, 3.8) is 0 Å². The minimum atomic E-state index is -0.218. The lowest BCUT2D eigenvalue weighted by molar-refractivity contribution is -0.134. The van der Waals surface area contributed by atoms with Gasteiger partial charge in [-0.05, 0) is 61.6 Å². The molecule has 3 aromatic rings. The van der Waals surface area contributed by atoms with Gasteiger partial charge in [-0.15, -0.1) is 0 Å². The lowest BCUT2D eigenvalue weighted by atomic mass is 9.89. The van der Waals surface area contributed by atoms with Crippen LogP contribution in [0.1, 0.15) is 29.9 Å². The molecule has 4 rings (SSSR count). The molecule has 0 atom stereocenters. The van der Waals surface area contributed by atoms with E-state index in [1.54, 1.807) is 12.1 Å². The third kappa shape index (κ3) is 3.82. The summed E-state index contributed by atoms with van der Waals surface area (Å²) in [6, 6.07) is 12.5. The van der Waals surface area contributed by atoms with Gasteiger partial charge in [0.1, 0.15) is 11.6 Å². The number of likely N-dealkylation sites (tertiary alicyclic amines) is 1. The maximum absolute atomic E-state index is 13.6. The van der Waals surface area contributed by atoms with Gasteiger partial charge in [0.15, 0.2) is 6.61 Å². The molecule has 27 heavy (non-hydrogen) atoms. The topological polar surface area (TPSA) is 45.3 Å². The van der Waals surface area contributed by atoms with Gasteiger partial charge in [0.05, 0.1) is 0 Å². The highest BCUT2D eigenvalue weighted by molar-refractivity contribution is 5.84. The van der Waals surface area contributed by atoms with Crippen LogP contribution in [-0.2, 0) is 4.79 Å². The fourth-order valence-electron chi connectivity index (χ4n) is 3.76. The van der Waals surface area contributed by atoms with E-state index >= 15 is 0 Å². The lowest BCUT2D eigenvalue weighted by Gasteiger charge is -2.32. The number of nitrogens with zero attached hydrogens (tertiary/aromatic N) is 1. The number of halogens is 1. The molecule has 0 radical (unpaired) electrons. The fourth-order valence-corrected chi connectivity index (χ4v) is 3.76. The van der Waals surface area contributed by atoms with Crippen LogP contribution < -0.4 is 4.74 Å². The Balaban J connectivity index is 1.34. The van der Waals surface area contributed by atoms with Crippen molar-refractivity contribution < 1.29 is 13.9 Å². The SMILES string of the molecule is Cc1ccc(OCC(=O)N2CCC(c3c[nH]c4ccc(F)cc34)CC2)cc1. The minimum Gasteiger partial charge on any atom is -0.484 e. The predicted octanol–water partition coefficient (Wildman–Crippen LogP) is 4.40. The molecule has 1 aliphatic rings. The van der Waals surface area contributed by atoms with Gasteiger partial charge < -0.3 is 14.6 Å². The van der Waals surface area contributed by atoms with Gasteiger partial charge in [-0.2, -0.15) is 0 Å². The molecule has 1 amide bonds. The van der Waals surface area contributed by atoms with E-state index in [9.17, 15) is 9.18 Å². The van der Waals surface area contributed by atoms with Crippen LogP contribution in [0.15, 0.2) is 48.7 Å². The highest BCUT2D eigenvalue weighted by atomic mass is 19.1. The Morgan fingerprint density at radius 1 is 1.19 bits per heavy atom. The van der Waals surface area contributed by atoms with Crippen LogP contribution >= 0.6 is 0 Å². The molecule has 140 valence electrons. The van der Waals surface area contributed by atoms with Crippen molar-refractivity contribution in [3.05, 3.63) is 65.6 Å². The van der Waals surface area contributed by atoms with Gasteiger partial charge in [0.2, 0.25) is 0 Å². The summed E-state index contributed by atoms with van der Waals surface area (Å²) < 4.78 is 19.2. The number of H-pyrrole nitrogens is 1. The zero-order valence-electron chi connectivity index (χ0n) is 15.4. The van der Waals surface area contributed by atoms with Crippen LogP contribution in [0.2, 0.25) is 0 Å². The molecule has 1 N–H and O–H groups in total. The number of carbonyl (C=O) groups is 1. The average molecular weight is 366 g/mol. The second-order valence-corrected chi connectivity index (χ2v) is 7.19. The fraction of sp³-hybridized carbons (Fsp3) is 0.318. The molecule has 0 unspecified atom stereocenters. The number of hydrogen-bond donors (Lipinski definition) is 1. The molecule has 4 nitrogen and oxygen atoms in total. The number of carbonyl (C=O) groups excluding carboxylic acids is 1. The number of ether oxygens (including phenoxy) is 1. The maximum Gasteiger partial charge on any atom is 0.260 e. The van der Waals surface area contributed by atoms with E-state index in [0.717, 1.165) is 34.9 Å². The molecule has 0 aliphatic carbocycles. The Hall–Kier alpha value is -2.82. The van der Waals surface area contributed by atoms with Crippen LogP contribution in [-0.4, -0.2) is 35.5 Å². The number of aromatic amines is 1. The summed E-state index contributed by atoms with van der Waals surface area (Å²) in [5, 5.41) is 0.947. The molecule has 0 spiro atoms. The van der Waals surface area contributed by atoms with E-state index in [1.807, 2.05) is 42.3 Å². The maximum atomic E-state index is 13.6. The highest BCUT2D eigenvalue weighted by Crippen LogP contribution is 2.33. The monoisotopic (exact) mass is 366 g/mol. The lowest BCUT2D eigenvalue weighted by Crippen LogP contribution is -2.40. The minimum absolute atomic E-state index is 0.0130. The number of fused-ring (bicyclic) bond motifs is 1. The Kier molecular flexibility index (Phi) is 4.84. The molecular formula is C22H23FN2O2. The quantitative estimate of drug-likeness (QED) is 0.744. The largest absolute Gasteiger partial charge is 0.484 e. The molecule has 1 saturated heterocycles. The Bertz CT molecular complexity index is 941. The van der Waals surface area contributed by atoms with E-state index in [2.05, 4.69) is 4.98 Å². The Morgan fingerprint density at radius 3 is 2.67 bits per heavy atom. The van der Waals surface area contributed by atoms with Crippen molar-refractivity contribution in [2.75, 3.05) is 19.7 Å². The summed E-state index contributed by atoms with van der Waals surface area (Å²) in [6.45, 7) is 3.47. The molecule has 0 bridgehead atoms. The van der Waals surface area contributed by atoms with Crippen molar-refractivity contribution in [2.24, 2.45) is 0 Å². The number of piperidine rings is 1. The molecular weight excluding hydrogens is 343 g/mol. The van der Waals surface area contributed by atoms with Crippen molar-refractivity contribution in [1.29, 1.82) is 0 Å². The first-order chi connectivity index (χ1) is 13.1. The zero-order valence-corrected chi connectivity index (χ0v) is 15.4. The number of amides is 1. The molecule has 2 aromatic carbocycles. The first-order valence-electron chi connectivity index (χ1n) is 9.34. The van der Waals surface area contributed by atoms with Crippen molar-refractivity contribution in [1.82, 2.24) is 9.88 Å². The number of rotatable bonds is 4. The summed E-state index contributed by atoms with van der Waals surface area (Å²) in [5.74, 6) is 0.843. The molecule has 1 fully saturated rings. The molecule has 0 saturated carbocycles. The Labute approximate surface area is 157 Å². The summed E-state index contributed by atoms with van der Waals surface area (Å²) in [6.07, 6.45) is 3.73. The van der Waals surface area contributed by atoms with Crippen molar-refractivity contribution in [3.8, 4) is 5.75 Å². The van der Waals surface area contributed by atoms with E-state index in [0.29, 0.717) is 24.8 Å². The van der Waals surface area contributed by atoms with Gasteiger partial charge in [-0.3, -0.25) is 4.79 Å². The van der Waals surface area contributed by atoms with Gasteiger partial charge in [-0.25, -0.2) is 4.39 Å². The average Bonchev–Trinajstić information content (AvgIpc) is 3.10. The third-order valence-corrected chi connectivity index (χ3v) is 5.35.